The maximum atomic E-state index is 9.18. The van der Waals surface area contributed by atoms with E-state index >= 15 is 0 Å². The predicted molar refractivity (Wildman–Crippen MR) is 125 cm³/mol. The first-order valence-electron chi connectivity index (χ1n) is 11.7. The fourth-order valence-corrected chi connectivity index (χ4v) is 5.69. The zero-order valence-corrected chi connectivity index (χ0v) is 18.8. The summed E-state index contributed by atoms with van der Waals surface area (Å²) >= 11 is 0. The number of nitrogens with zero attached hydrogens (tertiary/aromatic N) is 3. The zero-order chi connectivity index (χ0) is 21.3. The molecule has 0 N–H and O–H groups in total. The number of aromatic nitrogens is 1. The normalized spacial score (nSPS) is 22.5. The molecule has 0 spiro atoms. The molecule has 4 rings (SSSR count). The highest BCUT2D eigenvalue weighted by Crippen LogP contribution is 2.39. The molecule has 2 heterocycles. The number of likely N-dealkylation sites (tertiary alicyclic amines) is 1. The molecule has 2 aliphatic rings. The molecule has 1 aliphatic carbocycles. The molecular formula is C27H35N3. The monoisotopic (exact) mass is 401 g/mol. The van der Waals surface area contributed by atoms with Gasteiger partial charge in [-0.1, -0.05) is 26.3 Å². The van der Waals surface area contributed by atoms with Crippen LogP contribution in [0, 0.1) is 18.3 Å². The Kier molecular flexibility index (Phi) is 6.16. The van der Waals surface area contributed by atoms with Gasteiger partial charge in [0.15, 0.2) is 0 Å². The Morgan fingerprint density at radius 1 is 1.13 bits per heavy atom. The SMILES string of the molecule is C=C(CN1C(C)CCC1CC)c1cc(C2CCCC2)n(-c2ccc(C#N)cc2)c1C. The van der Waals surface area contributed by atoms with Crippen LogP contribution in [0.3, 0.4) is 0 Å². The minimum absolute atomic E-state index is 0.620. The molecule has 1 aromatic heterocycles. The summed E-state index contributed by atoms with van der Waals surface area (Å²) in [4.78, 5) is 2.66. The largest absolute Gasteiger partial charge is 0.317 e. The van der Waals surface area contributed by atoms with Crippen LogP contribution < -0.4 is 0 Å². The van der Waals surface area contributed by atoms with Crippen molar-refractivity contribution in [1.82, 2.24) is 9.47 Å². The summed E-state index contributed by atoms with van der Waals surface area (Å²) in [5.41, 5.74) is 7.14. The van der Waals surface area contributed by atoms with Crippen molar-refractivity contribution < 1.29 is 0 Å². The van der Waals surface area contributed by atoms with Gasteiger partial charge in [0.05, 0.1) is 11.6 Å². The van der Waals surface area contributed by atoms with Crippen molar-refractivity contribution in [2.75, 3.05) is 6.54 Å². The second-order valence-electron chi connectivity index (χ2n) is 9.31. The van der Waals surface area contributed by atoms with E-state index in [1.807, 2.05) is 12.1 Å². The summed E-state index contributed by atoms with van der Waals surface area (Å²) in [6.07, 6.45) is 9.01. The van der Waals surface area contributed by atoms with Crippen LogP contribution in [0.2, 0.25) is 0 Å². The fourth-order valence-electron chi connectivity index (χ4n) is 5.69. The smallest absolute Gasteiger partial charge is 0.0991 e. The molecule has 3 nitrogen and oxygen atoms in total. The van der Waals surface area contributed by atoms with E-state index in [1.165, 1.54) is 67.5 Å². The first kappa shape index (κ1) is 20.9. The van der Waals surface area contributed by atoms with E-state index in [-0.39, 0.29) is 0 Å². The molecule has 2 atom stereocenters. The van der Waals surface area contributed by atoms with Gasteiger partial charge in [-0.2, -0.15) is 5.26 Å². The van der Waals surface area contributed by atoms with Crippen molar-refractivity contribution >= 4 is 5.57 Å². The average Bonchev–Trinajstić information content (AvgIpc) is 3.48. The van der Waals surface area contributed by atoms with Crippen molar-refractivity contribution in [3.8, 4) is 11.8 Å². The number of benzene rings is 1. The van der Waals surface area contributed by atoms with Crippen LogP contribution in [0.15, 0.2) is 36.9 Å². The van der Waals surface area contributed by atoms with Gasteiger partial charge in [-0.15, -0.1) is 0 Å². The Hall–Kier alpha value is -2.31. The van der Waals surface area contributed by atoms with E-state index in [0.717, 1.165) is 12.2 Å². The molecule has 1 aromatic carbocycles. The minimum Gasteiger partial charge on any atom is -0.317 e. The standard InChI is InChI=1S/C27H35N3/c1-5-24-13-10-20(3)29(24)18-19(2)26-16-27(23-8-6-7-9-23)30(21(26)4)25-14-11-22(17-28)12-15-25/h11-12,14-16,20,23-24H,2,5-10,13,18H2,1,3-4H3. The lowest BCUT2D eigenvalue weighted by molar-refractivity contribution is 0.225. The molecule has 1 aliphatic heterocycles. The number of hydrogen-bond donors (Lipinski definition) is 0. The van der Waals surface area contributed by atoms with Crippen molar-refractivity contribution in [3.63, 3.8) is 0 Å². The Morgan fingerprint density at radius 2 is 1.83 bits per heavy atom. The van der Waals surface area contributed by atoms with Gasteiger partial charge in [0.2, 0.25) is 0 Å². The zero-order valence-electron chi connectivity index (χ0n) is 18.8. The molecule has 0 bridgehead atoms. The third-order valence-corrected chi connectivity index (χ3v) is 7.48. The Bertz CT molecular complexity index is 938. The second kappa shape index (κ2) is 8.82. The summed E-state index contributed by atoms with van der Waals surface area (Å²) in [6.45, 7) is 12.4. The van der Waals surface area contributed by atoms with E-state index in [9.17, 15) is 5.26 Å². The molecule has 2 aromatic rings. The number of nitriles is 1. The van der Waals surface area contributed by atoms with E-state index in [0.29, 0.717) is 23.6 Å². The second-order valence-corrected chi connectivity index (χ2v) is 9.31. The molecule has 158 valence electrons. The van der Waals surface area contributed by atoms with Crippen LogP contribution in [-0.4, -0.2) is 28.1 Å². The number of rotatable bonds is 6. The lowest BCUT2D eigenvalue weighted by Crippen LogP contribution is -2.35. The molecule has 0 radical (unpaired) electrons. The molecule has 2 fully saturated rings. The van der Waals surface area contributed by atoms with E-state index in [1.54, 1.807) is 0 Å². The third kappa shape index (κ3) is 3.86. The van der Waals surface area contributed by atoms with Crippen LogP contribution in [0.1, 0.15) is 87.2 Å². The van der Waals surface area contributed by atoms with E-state index in [4.69, 9.17) is 0 Å². The van der Waals surface area contributed by atoms with Gasteiger partial charge in [0, 0.05) is 35.7 Å². The van der Waals surface area contributed by atoms with Gasteiger partial charge in [0.1, 0.15) is 0 Å². The number of hydrogen-bond acceptors (Lipinski definition) is 2. The van der Waals surface area contributed by atoms with Crippen LogP contribution in [0.5, 0.6) is 0 Å². The summed E-state index contributed by atoms with van der Waals surface area (Å²) in [5, 5.41) is 9.18. The van der Waals surface area contributed by atoms with Crippen LogP contribution in [0.25, 0.3) is 11.3 Å². The van der Waals surface area contributed by atoms with Gasteiger partial charge in [-0.3, -0.25) is 4.90 Å². The van der Waals surface area contributed by atoms with Crippen molar-refractivity contribution in [3.05, 3.63) is 59.4 Å². The molecule has 0 amide bonds. The molecule has 1 saturated heterocycles. The van der Waals surface area contributed by atoms with Crippen molar-refractivity contribution in [2.45, 2.75) is 83.7 Å². The van der Waals surface area contributed by atoms with Crippen LogP contribution >= 0.6 is 0 Å². The average molecular weight is 402 g/mol. The first-order valence-corrected chi connectivity index (χ1v) is 11.7. The highest BCUT2D eigenvalue weighted by molar-refractivity contribution is 5.69. The molecule has 2 unspecified atom stereocenters. The summed E-state index contributed by atoms with van der Waals surface area (Å²) in [5.74, 6) is 0.620. The molecule has 3 heteroatoms. The van der Waals surface area contributed by atoms with Gasteiger partial charge in [-0.05, 0) is 93.3 Å². The Morgan fingerprint density at radius 3 is 2.47 bits per heavy atom. The van der Waals surface area contributed by atoms with Gasteiger partial charge in [-0.25, -0.2) is 0 Å². The summed E-state index contributed by atoms with van der Waals surface area (Å²) in [6, 6.07) is 14.0. The maximum Gasteiger partial charge on any atom is 0.0991 e. The summed E-state index contributed by atoms with van der Waals surface area (Å²) < 4.78 is 2.43. The van der Waals surface area contributed by atoms with Gasteiger partial charge in [0.25, 0.3) is 0 Å². The summed E-state index contributed by atoms with van der Waals surface area (Å²) in [7, 11) is 0. The lowest BCUT2D eigenvalue weighted by atomic mass is 10.0. The van der Waals surface area contributed by atoms with E-state index < -0.39 is 0 Å². The third-order valence-electron chi connectivity index (χ3n) is 7.48. The fraction of sp³-hybridized carbons (Fsp3) is 0.519. The first-order chi connectivity index (χ1) is 14.5. The van der Waals surface area contributed by atoms with Gasteiger partial charge < -0.3 is 4.57 Å². The molecule has 30 heavy (non-hydrogen) atoms. The highest BCUT2D eigenvalue weighted by Gasteiger charge is 2.31. The Labute approximate surface area is 182 Å². The Balaban J connectivity index is 1.70. The highest BCUT2D eigenvalue weighted by atomic mass is 15.2. The van der Waals surface area contributed by atoms with Crippen LogP contribution in [-0.2, 0) is 0 Å². The molecule has 1 saturated carbocycles. The molecular weight excluding hydrogens is 366 g/mol. The van der Waals surface area contributed by atoms with Crippen LogP contribution in [0.4, 0.5) is 0 Å². The lowest BCUT2D eigenvalue weighted by Gasteiger charge is -2.28. The van der Waals surface area contributed by atoms with Crippen molar-refractivity contribution in [1.29, 1.82) is 5.26 Å². The van der Waals surface area contributed by atoms with Crippen molar-refractivity contribution in [2.24, 2.45) is 0 Å². The topological polar surface area (TPSA) is 32.0 Å². The van der Waals surface area contributed by atoms with Gasteiger partial charge >= 0.3 is 0 Å². The maximum absolute atomic E-state index is 9.18. The van der Waals surface area contributed by atoms with E-state index in [2.05, 4.69) is 61.1 Å². The quantitative estimate of drug-likeness (QED) is 0.547. The predicted octanol–water partition coefficient (Wildman–Crippen LogP) is 6.59. The minimum atomic E-state index is 0.620.